The van der Waals surface area contributed by atoms with Crippen LogP contribution in [0.5, 0.6) is 5.88 Å². The highest BCUT2D eigenvalue weighted by Gasteiger charge is 2.20. The topological polar surface area (TPSA) is 64.1 Å². The Morgan fingerprint density at radius 1 is 1.08 bits per heavy atom. The summed E-state index contributed by atoms with van der Waals surface area (Å²) < 4.78 is 19.5. The predicted octanol–water partition coefficient (Wildman–Crippen LogP) is 4.43. The highest BCUT2D eigenvalue weighted by atomic mass is 19.1. The summed E-state index contributed by atoms with van der Waals surface area (Å²) in [4.78, 5) is 21.6. The molecular formula is C20H20FN3O2. The zero-order valence-electron chi connectivity index (χ0n) is 15.1. The monoisotopic (exact) mass is 353 g/mol. The summed E-state index contributed by atoms with van der Waals surface area (Å²) in [7, 11) is 0. The first-order valence-electron chi connectivity index (χ1n) is 8.36. The number of amides is 1. The number of nitrogens with zero attached hydrogens (tertiary/aromatic N) is 2. The van der Waals surface area contributed by atoms with Crippen molar-refractivity contribution in [1.82, 2.24) is 9.97 Å². The van der Waals surface area contributed by atoms with Crippen LogP contribution in [0.25, 0.3) is 11.0 Å². The second kappa shape index (κ2) is 7.07. The zero-order chi connectivity index (χ0) is 18.8. The van der Waals surface area contributed by atoms with Crippen LogP contribution in [0.4, 0.5) is 10.1 Å². The maximum Gasteiger partial charge on any atom is 0.280 e. The Hall–Kier alpha value is -3.02. The van der Waals surface area contributed by atoms with Crippen molar-refractivity contribution in [3.8, 4) is 5.88 Å². The second-order valence-electron chi connectivity index (χ2n) is 6.40. The van der Waals surface area contributed by atoms with Crippen LogP contribution < -0.4 is 10.1 Å². The quantitative estimate of drug-likeness (QED) is 0.754. The van der Waals surface area contributed by atoms with Crippen LogP contribution in [0.2, 0.25) is 0 Å². The Morgan fingerprint density at radius 3 is 2.31 bits per heavy atom. The highest BCUT2D eigenvalue weighted by Crippen LogP contribution is 2.24. The molecule has 0 fully saturated rings. The molecule has 3 aromatic rings. The number of rotatable bonds is 4. The van der Waals surface area contributed by atoms with Gasteiger partial charge in [-0.3, -0.25) is 4.79 Å². The van der Waals surface area contributed by atoms with Crippen molar-refractivity contribution >= 4 is 22.6 Å². The van der Waals surface area contributed by atoms with E-state index < -0.39 is 11.7 Å². The van der Waals surface area contributed by atoms with Gasteiger partial charge in [-0.1, -0.05) is 12.1 Å². The van der Waals surface area contributed by atoms with E-state index in [0.29, 0.717) is 11.0 Å². The Balaban J connectivity index is 2.08. The number of benzene rings is 2. The number of aromatic nitrogens is 2. The molecule has 0 bridgehead atoms. The van der Waals surface area contributed by atoms with Gasteiger partial charge in [0.05, 0.1) is 22.8 Å². The third-order valence-corrected chi connectivity index (χ3v) is 3.93. The van der Waals surface area contributed by atoms with Crippen LogP contribution in [0.15, 0.2) is 36.4 Å². The number of carbonyl (C=O) groups is 1. The molecule has 134 valence electrons. The first-order chi connectivity index (χ1) is 12.3. The van der Waals surface area contributed by atoms with Crippen molar-refractivity contribution in [3.05, 3.63) is 59.0 Å². The van der Waals surface area contributed by atoms with Crippen molar-refractivity contribution in [3.63, 3.8) is 0 Å². The first-order valence-corrected chi connectivity index (χ1v) is 8.36. The van der Waals surface area contributed by atoms with Gasteiger partial charge < -0.3 is 10.1 Å². The van der Waals surface area contributed by atoms with E-state index in [1.54, 1.807) is 12.1 Å². The Kier molecular flexibility index (Phi) is 4.84. The molecule has 3 rings (SSSR count). The van der Waals surface area contributed by atoms with Gasteiger partial charge in [0.15, 0.2) is 5.69 Å². The molecule has 5 nitrogen and oxygen atoms in total. The number of hydrogen-bond acceptors (Lipinski definition) is 4. The van der Waals surface area contributed by atoms with Gasteiger partial charge in [0, 0.05) is 0 Å². The lowest BCUT2D eigenvalue weighted by molar-refractivity contribution is 0.101. The molecule has 0 aliphatic carbocycles. The van der Waals surface area contributed by atoms with Gasteiger partial charge in [-0.2, -0.15) is 0 Å². The molecular weight excluding hydrogens is 333 g/mol. The maximum absolute atomic E-state index is 13.8. The number of aryl methyl sites for hydroxylation is 2. The van der Waals surface area contributed by atoms with Crippen LogP contribution in [0.3, 0.4) is 0 Å². The van der Waals surface area contributed by atoms with Gasteiger partial charge in [-0.25, -0.2) is 14.4 Å². The van der Waals surface area contributed by atoms with Gasteiger partial charge in [-0.05, 0) is 63.1 Å². The average molecular weight is 353 g/mol. The molecule has 0 aliphatic heterocycles. The average Bonchev–Trinajstić information content (AvgIpc) is 2.57. The predicted molar refractivity (Wildman–Crippen MR) is 99.1 cm³/mol. The Bertz CT molecular complexity index is 986. The summed E-state index contributed by atoms with van der Waals surface area (Å²) in [6.45, 7) is 7.63. The molecule has 1 N–H and O–H groups in total. The Labute approximate surface area is 151 Å². The van der Waals surface area contributed by atoms with E-state index in [2.05, 4.69) is 15.3 Å². The zero-order valence-corrected chi connectivity index (χ0v) is 15.1. The van der Waals surface area contributed by atoms with Crippen molar-refractivity contribution in [1.29, 1.82) is 0 Å². The third kappa shape index (κ3) is 3.64. The molecule has 1 aromatic heterocycles. The van der Waals surface area contributed by atoms with E-state index in [0.717, 1.165) is 11.1 Å². The molecule has 0 spiro atoms. The van der Waals surface area contributed by atoms with Crippen LogP contribution >= 0.6 is 0 Å². The summed E-state index contributed by atoms with van der Waals surface area (Å²) in [5.74, 6) is -0.963. The fraction of sp³-hybridized carbons (Fsp3) is 0.250. The number of carbonyl (C=O) groups excluding carboxylic acids is 1. The highest BCUT2D eigenvalue weighted by molar-refractivity contribution is 6.05. The molecule has 0 saturated carbocycles. The number of fused-ring (bicyclic) bond motifs is 1. The van der Waals surface area contributed by atoms with Crippen LogP contribution in [0.1, 0.15) is 35.5 Å². The number of para-hydroxylation sites is 1. The standard InChI is InChI=1S/C20H20FN3O2/c1-11(2)26-20-18(19(25)23-15-8-6-5-7-14(15)21)22-16-9-12(3)13(4)10-17(16)24-20/h5-11H,1-4H3,(H,23,25). The normalized spacial score (nSPS) is 11.0. The molecule has 0 aliphatic rings. The van der Waals surface area contributed by atoms with E-state index in [9.17, 15) is 9.18 Å². The number of ether oxygens (including phenoxy) is 1. The minimum Gasteiger partial charge on any atom is -0.473 e. The van der Waals surface area contributed by atoms with E-state index in [-0.39, 0.29) is 23.4 Å². The molecule has 2 aromatic carbocycles. The largest absolute Gasteiger partial charge is 0.473 e. The third-order valence-electron chi connectivity index (χ3n) is 3.93. The maximum atomic E-state index is 13.8. The lowest BCUT2D eigenvalue weighted by atomic mass is 10.1. The first kappa shape index (κ1) is 17.8. The van der Waals surface area contributed by atoms with Crippen molar-refractivity contribution in [2.24, 2.45) is 0 Å². The number of halogens is 1. The number of nitrogens with one attached hydrogen (secondary N) is 1. The summed E-state index contributed by atoms with van der Waals surface area (Å²) in [6.07, 6.45) is -0.187. The van der Waals surface area contributed by atoms with Crippen LogP contribution in [0, 0.1) is 19.7 Å². The Morgan fingerprint density at radius 2 is 1.69 bits per heavy atom. The fourth-order valence-electron chi connectivity index (χ4n) is 2.49. The fourth-order valence-corrected chi connectivity index (χ4v) is 2.49. The molecule has 0 radical (unpaired) electrons. The molecule has 1 heterocycles. The lowest BCUT2D eigenvalue weighted by Crippen LogP contribution is -2.19. The van der Waals surface area contributed by atoms with E-state index in [1.807, 2.05) is 39.8 Å². The van der Waals surface area contributed by atoms with Crippen molar-refractivity contribution < 1.29 is 13.9 Å². The summed E-state index contributed by atoms with van der Waals surface area (Å²) in [5, 5.41) is 2.53. The van der Waals surface area contributed by atoms with Gasteiger partial charge in [0.2, 0.25) is 5.88 Å². The van der Waals surface area contributed by atoms with Gasteiger partial charge >= 0.3 is 0 Å². The minimum absolute atomic E-state index is 0.0257. The van der Waals surface area contributed by atoms with Crippen molar-refractivity contribution in [2.75, 3.05) is 5.32 Å². The van der Waals surface area contributed by atoms with Gasteiger partial charge in [-0.15, -0.1) is 0 Å². The summed E-state index contributed by atoms with van der Waals surface area (Å²) in [5.41, 5.74) is 3.46. The van der Waals surface area contributed by atoms with Crippen LogP contribution in [-0.2, 0) is 0 Å². The number of hydrogen-bond donors (Lipinski definition) is 1. The SMILES string of the molecule is Cc1cc2nc(OC(C)C)c(C(=O)Nc3ccccc3F)nc2cc1C. The molecule has 0 unspecified atom stereocenters. The molecule has 0 saturated heterocycles. The molecule has 6 heteroatoms. The van der Waals surface area contributed by atoms with E-state index in [1.165, 1.54) is 12.1 Å². The minimum atomic E-state index is -0.571. The van der Waals surface area contributed by atoms with Crippen molar-refractivity contribution in [2.45, 2.75) is 33.8 Å². The van der Waals surface area contributed by atoms with Gasteiger partial charge in [0.1, 0.15) is 5.82 Å². The molecule has 0 atom stereocenters. The summed E-state index contributed by atoms with van der Waals surface area (Å²) in [6, 6.07) is 9.74. The second-order valence-corrected chi connectivity index (χ2v) is 6.40. The van der Waals surface area contributed by atoms with Crippen LogP contribution in [-0.4, -0.2) is 22.0 Å². The van der Waals surface area contributed by atoms with E-state index in [4.69, 9.17) is 4.74 Å². The lowest BCUT2D eigenvalue weighted by Gasteiger charge is -2.14. The van der Waals surface area contributed by atoms with E-state index >= 15 is 0 Å². The van der Waals surface area contributed by atoms with Gasteiger partial charge in [0.25, 0.3) is 5.91 Å². The molecule has 1 amide bonds. The smallest absolute Gasteiger partial charge is 0.280 e. The number of anilines is 1. The molecule has 26 heavy (non-hydrogen) atoms. The summed E-state index contributed by atoms with van der Waals surface area (Å²) >= 11 is 0.